The van der Waals surface area contributed by atoms with Crippen molar-refractivity contribution in [3.05, 3.63) is 63.6 Å². The molecule has 0 saturated carbocycles. The van der Waals surface area contributed by atoms with E-state index in [1.165, 1.54) is 23.6 Å². The Hall–Kier alpha value is -2.57. The second kappa shape index (κ2) is 7.58. The van der Waals surface area contributed by atoms with Gasteiger partial charge in [-0.25, -0.2) is 4.79 Å². The highest BCUT2D eigenvalue weighted by Gasteiger charge is 2.22. The maximum Gasteiger partial charge on any atom is 0.337 e. The minimum absolute atomic E-state index is 0.224. The first-order chi connectivity index (χ1) is 13.1. The Morgan fingerprint density at radius 2 is 2.22 bits per heavy atom. The molecule has 0 radical (unpaired) electrons. The van der Waals surface area contributed by atoms with Crippen molar-refractivity contribution < 1.29 is 14.6 Å². The molecule has 0 fully saturated rings. The van der Waals surface area contributed by atoms with Crippen molar-refractivity contribution in [3.63, 3.8) is 0 Å². The molecule has 0 bridgehead atoms. The van der Waals surface area contributed by atoms with Gasteiger partial charge in [0.1, 0.15) is 5.75 Å². The Morgan fingerprint density at radius 1 is 1.33 bits per heavy atom. The third-order valence-corrected chi connectivity index (χ3v) is 5.76. The summed E-state index contributed by atoms with van der Waals surface area (Å²) in [4.78, 5) is 15.4. The average Bonchev–Trinajstić information content (AvgIpc) is 3.12. The molecule has 1 unspecified atom stereocenters. The molecule has 1 atom stereocenters. The van der Waals surface area contributed by atoms with E-state index in [1.807, 2.05) is 17.5 Å². The lowest BCUT2D eigenvalue weighted by atomic mass is 9.91. The second-order valence-electron chi connectivity index (χ2n) is 6.33. The number of anilines is 1. The van der Waals surface area contributed by atoms with Gasteiger partial charge in [0.15, 0.2) is 0 Å². The van der Waals surface area contributed by atoms with Crippen LogP contribution in [0.3, 0.4) is 0 Å². The fourth-order valence-electron chi connectivity index (χ4n) is 3.27. The van der Waals surface area contributed by atoms with E-state index in [2.05, 4.69) is 22.4 Å². The number of nitrogens with zero attached hydrogens (tertiary/aromatic N) is 1. The Bertz CT molecular complexity index is 989. The quantitative estimate of drug-likeness (QED) is 0.620. The summed E-state index contributed by atoms with van der Waals surface area (Å²) in [5.74, 6) is 0.138. The highest BCUT2D eigenvalue weighted by atomic mass is 35.5. The first-order valence-electron chi connectivity index (χ1n) is 8.54. The molecule has 7 heteroatoms. The number of carbonyl (C=O) groups is 1. The summed E-state index contributed by atoms with van der Waals surface area (Å²) in [6.45, 7) is 1.25. The van der Waals surface area contributed by atoms with Crippen LogP contribution in [0.2, 0.25) is 4.34 Å². The van der Waals surface area contributed by atoms with Crippen LogP contribution in [0.25, 0.3) is 11.1 Å². The van der Waals surface area contributed by atoms with Crippen molar-refractivity contribution in [1.29, 1.82) is 0 Å². The van der Waals surface area contributed by atoms with Crippen LogP contribution in [0.1, 0.15) is 28.3 Å². The molecule has 4 rings (SSSR count). The minimum atomic E-state index is -0.966. The lowest BCUT2D eigenvalue weighted by molar-refractivity contribution is 0.0697. The maximum atomic E-state index is 11.3. The number of aromatic carboxylic acids is 1. The van der Waals surface area contributed by atoms with Crippen molar-refractivity contribution in [3.8, 4) is 16.9 Å². The summed E-state index contributed by atoms with van der Waals surface area (Å²) in [5, 5.41) is 14.6. The van der Waals surface area contributed by atoms with Crippen LogP contribution in [0.4, 0.5) is 5.69 Å². The molecule has 1 aliphatic rings. The summed E-state index contributed by atoms with van der Waals surface area (Å²) in [7, 11) is 0. The normalized spacial score (nSPS) is 15.7. The van der Waals surface area contributed by atoms with Crippen molar-refractivity contribution in [2.24, 2.45) is 0 Å². The molecule has 138 valence electrons. The van der Waals surface area contributed by atoms with Crippen molar-refractivity contribution >= 4 is 34.6 Å². The molecule has 3 heterocycles. The first-order valence-corrected chi connectivity index (χ1v) is 9.80. The number of aromatic nitrogens is 1. The summed E-state index contributed by atoms with van der Waals surface area (Å²) in [6.07, 6.45) is 3.90. The van der Waals surface area contributed by atoms with Crippen molar-refractivity contribution in [1.82, 2.24) is 4.98 Å². The van der Waals surface area contributed by atoms with E-state index >= 15 is 0 Å². The van der Waals surface area contributed by atoms with Crippen LogP contribution in [0, 0.1) is 0 Å². The Morgan fingerprint density at radius 3 is 3.00 bits per heavy atom. The molecule has 2 N–H and O–H groups in total. The highest BCUT2D eigenvalue weighted by molar-refractivity contribution is 7.14. The van der Waals surface area contributed by atoms with Crippen LogP contribution in [-0.2, 0) is 0 Å². The Balaban J connectivity index is 1.54. The number of nitrogens with one attached hydrogen (secondary N) is 1. The zero-order chi connectivity index (χ0) is 18.8. The number of hydrogen-bond acceptors (Lipinski definition) is 5. The molecule has 0 amide bonds. The van der Waals surface area contributed by atoms with Gasteiger partial charge in [-0.3, -0.25) is 4.98 Å². The average molecular weight is 401 g/mol. The minimum Gasteiger partial charge on any atom is -0.493 e. The third-order valence-electron chi connectivity index (χ3n) is 4.67. The SMILES string of the molecule is O=C(O)c1ccncc1NCC1CCOc2cc(-c3csc(Cl)c3)ccc21. The van der Waals surface area contributed by atoms with Gasteiger partial charge < -0.3 is 15.2 Å². The molecular weight excluding hydrogens is 384 g/mol. The summed E-state index contributed by atoms with van der Waals surface area (Å²) in [6, 6.07) is 9.66. The van der Waals surface area contributed by atoms with E-state index < -0.39 is 5.97 Å². The fraction of sp³-hybridized carbons (Fsp3) is 0.200. The molecule has 2 aromatic heterocycles. The Labute approximate surface area is 165 Å². The van der Waals surface area contributed by atoms with Crippen molar-refractivity contribution in [2.45, 2.75) is 12.3 Å². The summed E-state index contributed by atoms with van der Waals surface area (Å²) < 4.78 is 6.63. The van der Waals surface area contributed by atoms with Crippen LogP contribution in [0.15, 0.2) is 48.1 Å². The van der Waals surface area contributed by atoms with E-state index in [1.54, 1.807) is 6.20 Å². The highest BCUT2D eigenvalue weighted by Crippen LogP contribution is 2.38. The number of benzene rings is 1. The second-order valence-corrected chi connectivity index (χ2v) is 7.88. The molecule has 5 nitrogen and oxygen atoms in total. The molecule has 0 spiro atoms. The van der Waals surface area contributed by atoms with Gasteiger partial charge >= 0.3 is 5.97 Å². The van der Waals surface area contributed by atoms with Gasteiger partial charge in [-0.05, 0) is 41.3 Å². The van der Waals surface area contributed by atoms with Gasteiger partial charge in [-0.1, -0.05) is 23.7 Å². The van der Waals surface area contributed by atoms with Crippen LogP contribution in [0.5, 0.6) is 5.75 Å². The number of carboxylic acid groups (broad SMARTS) is 1. The largest absolute Gasteiger partial charge is 0.493 e. The molecule has 3 aromatic rings. The standard InChI is InChI=1S/C20H17ClN2O3S/c21-19-8-14(11-27-19)12-1-2-15-13(4-6-26-18(15)7-12)9-23-17-10-22-5-3-16(17)20(24)25/h1-3,5,7-8,10-11,13,23H,4,6,9H2,(H,24,25). The van der Waals surface area contributed by atoms with Gasteiger partial charge in [0.2, 0.25) is 0 Å². The van der Waals surface area contributed by atoms with E-state index in [0.717, 1.165) is 33.2 Å². The number of ether oxygens (including phenoxy) is 1. The number of fused-ring (bicyclic) bond motifs is 1. The summed E-state index contributed by atoms with van der Waals surface area (Å²) >= 11 is 7.55. The van der Waals surface area contributed by atoms with Gasteiger partial charge in [0.25, 0.3) is 0 Å². The number of hydrogen-bond donors (Lipinski definition) is 2. The lowest BCUT2D eigenvalue weighted by Crippen LogP contribution is -2.21. The first kappa shape index (κ1) is 17.8. The van der Waals surface area contributed by atoms with E-state index in [9.17, 15) is 9.90 Å². The number of pyridine rings is 1. The number of carboxylic acids is 1. The monoisotopic (exact) mass is 400 g/mol. The molecule has 0 aliphatic carbocycles. The molecule has 27 heavy (non-hydrogen) atoms. The van der Waals surface area contributed by atoms with Gasteiger partial charge in [0.05, 0.1) is 28.4 Å². The lowest BCUT2D eigenvalue weighted by Gasteiger charge is -2.27. The topological polar surface area (TPSA) is 71.5 Å². The molecular formula is C20H17ClN2O3S. The number of halogens is 1. The predicted octanol–water partition coefficient (Wildman–Crippen LogP) is 5.14. The fourth-order valence-corrected chi connectivity index (χ4v) is 4.16. The van der Waals surface area contributed by atoms with E-state index in [4.69, 9.17) is 16.3 Å². The smallest absolute Gasteiger partial charge is 0.337 e. The van der Waals surface area contributed by atoms with E-state index in [0.29, 0.717) is 18.8 Å². The zero-order valence-corrected chi connectivity index (χ0v) is 15.9. The van der Waals surface area contributed by atoms with Crippen LogP contribution >= 0.6 is 22.9 Å². The van der Waals surface area contributed by atoms with Crippen LogP contribution < -0.4 is 10.1 Å². The maximum absolute atomic E-state index is 11.3. The van der Waals surface area contributed by atoms with Crippen molar-refractivity contribution in [2.75, 3.05) is 18.5 Å². The number of rotatable bonds is 5. The predicted molar refractivity (Wildman–Crippen MR) is 107 cm³/mol. The van der Waals surface area contributed by atoms with E-state index in [-0.39, 0.29) is 11.5 Å². The van der Waals surface area contributed by atoms with Crippen LogP contribution in [-0.4, -0.2) is 29.2 Å². The van der Waals surface area contributed by atoms with Gasteiger partial charge in [-0.2, -0.15) is 0 Å². The number of thiophene rings is 1. The Kier molecular flexibility index (Phi) is 5.01. The van der Waals surface area contributed by atoms with Gasteiger partial charge in [-0.15, -0.1) is 11.3 Å². The van der Waals surface area contributed by atoms with Gasteiger partial charge in [0, 0.05) is 24.0 Å². The molecule has 0 saturated heterocycles. The zero-order valence-electron chi connectivity index (χ0n) is 14.3. The summed E-state index contributed by atoms with van der Waals surface area (Å²) in [5.41, 5.74) is 4.04. The molecule has 1 aliphatic heterocycles. The molecule has 1 aromatic carbocycles. The third kappa shape index (κ3) is 3.77.